The highest BCUT2D eigenvalue weighted by molar-refractivity contribution is 5.59. The van der Waals surface area contributed by atoms with Crippen LogP contribution in [0.5, 0.6) is 5.88 Å². The first-order chi connectivity index (χ1) is 7.44. The minimum absolute atomic E-state index is 0.210. The Labute approximate surface area is 96.1 Å². The first kappa shape index (κ1) is 12.3. The number of nitrogen functional groups attached to an aromatic ring is 1. The largest absolute Gasteiger partial charge is 0.476 e. The fourth-order valence-corrected chi connectivity index (χ4v) is 1.12. The van der Waals surface area contributed by atoms with Crippen molar-refractivity contribution in [2.75, 3.05) is 12.3 Å². The summed E-state index contributed by atoms with van der Waals surface area (Å²) in [4.78, 5) is 4.01. The normalized spacial score (nSPS) is 10.9. The van der Waals surface area contributed by atoms with E-state index in [0.717, 1.165) is 6.42 Å². The van der Waals surface area contributed by atoms with E-state index in [1.54, 1.807) is 6.07 Å². The van der Waals surface area contributed by atoms with Crippen LogP contribution in [0.4, 0.5) is 5.69 Å². The summed E-state index contributed by atoms with van der Waals surface area (Å²) >= 11 is 0. The monoisotopic (exact) mass is 219 g/mol. The van der Waals surface area contributed by atoms with Crippen LogP contribution < -0.4 is 10.5 Å². The molecule has 0 spiro atoms. The molecule has 0 aliphatic heterocycles. The van der Waals surface area contributed by atoms with E-state index in [4.69, 9.17) is 15.7 Å². The summed E-state index contributed by atoms with van der Waals surface area (Å²) in [5, 5.41) is 8.78. The SMILES string of the molecule is CC(C)(C)CCOc1nccc(C#N)c1N. The van der Waals surface area contributed by atoms with Crippen LogP contribution in [0.3, 0.4) is 0 Å². The molecule has 0 amide bonds. The Hall–Kier alpha value is -1.76. The predicted molar refractivity (Wildman–Crippen MR) is 62.9 cm³/mol. The standard InChI is InChI=1S/C12H17N3O/c1-12(2,3)5-7-16-11-10(14)9(8-13)4-6-15-11/h4,6H,5,7,14H2,1-3H3. The minimum atomic E-state index is 0.210. The fourth-order valence-electron chi connectivity index (χ4n) is 1.12. The van der Waals surface area contributed by atoms with Crippen LogP contribution in [0.15, 0.2) is 12.3 Å². The highest BCUT2D eigenvalue weighted by atomic mass is 16.5. The fraction of sp³-hybridized carbons (Fsp3) is 0.500. The van der Waals surface area contributed by atoms with Crippen molar-refractivity contribution in [2.45, 2.75) is 27.2 Å². The second-order valence-electron chi connectivity index (χ2n) is 4.85. The van der Waals surface area contributed by atoms with Gasteiger partial charge in [0.15, 0.2) is 0 Å². The molecule has 4 heteroatoms. The number of rotatable bonds is 3. The smallest absolute Gasteiger partial charge is 0.238 e. The maximum atomic E-state index is 8.78. The van der Waals surface area contributed by atoms with Gasteiger partial charge in [0.2, 0.25) is 5.88 Å². The van der Waals surface area contributed by atoms with Gasteiger partial charge in [-0.2, -0.15) is 5.26 Å². The lowest BCUT2D eigenvalue weighted by molar-refractivity contribution is 0.237. The minimum Gasteiger partial charge on any atom is -0.476 e. The van der Waals surface area contributed by atoms with Crippen molar-refractivity contribution in [1.29, 1.82) is 5.26 Å². The van der Waals surface area contributed by atoms with Crippen LogP contribution in [0.2, 0.25) is 0 Å². The molecule has 0 radical (unpaired) electrons. The number of hydrogen-bond acceptors (Lipinski definition) is 4. The Kier molecular flexibility index (Phi) is 3.73. The van der Waals surface area contributed by atoms with Crippen LogP contribution >= 0.6 is 0 Å². The Morgan fingerprint density at radius 2 is 2.19 bits per heavy atom. The average Bonchev–Trinajstić information content (AvgIpc) is 2.19. The summed E-state index contributed by atoms with van der Waals surface area (Å²) in [5.74, 6) is 0.350. The molecule has 0 aliphatic rings. The van der Waals surface area contributed by atoms with Gasteiger partial charge >= 0.3 is 0 Å². The third kappa shape index (κ3) is 3.43. The summed E-state index contributed by atoms with van der Waals surface area (Å²) in [6.07, 6.45) is 2.44. The number of ether oxygens (including phenoxy) is 1. The molecule has 0 aromatic carbocycles. The van der Waals surface area contributed by atoms with Crippen molar-refractivity contribution in [2.24, 2.45) is 5.41 Å². The number of hydrogen-bond donors (Lipinski definition) is 1. The molecule has 1 aromatic heterocycles. The van der Waals surface area contributed by atoms with E-state index in [9.17, 15) is 0 Å². The number of anilines is 1. The van der Waals surface area contributed by atoms with Crippen LogP contribution in [0.25, 0.3) is 0 Å². The van der Waals surface area contributed by atoms with Crippen LogP contribution in [-0.4, -0.2) is 11.6 Å². The van der Waals surface area contributed by atoms with Gasteiger partial charge in [0.05, 0.1) is 12.2 Å². The summed E-state index contributed by atoms with van der Waals surface area (Å²) in [6.45, 7) is 6.96. The summed E-state index contributed by atoms with van der Waals surface area (Å²) in [7, 11) is 0. The lowest BCUT2D eigenvalue weighted by atomic mass is 9.93. The molecule has 0 unspecified atom stereocenters. The first-order valence-corrected chi connectivity index (χ1v) is 5.21. The number of aromatic nitrogens is 1. The maximum absolute atomic E-state index is 8.78. The molecule has 86 valence electrons. The van der Waals surface area contributed by atoms with E-state index in [2.05, 4.69) is 25.8 Å². The van der Waals surface area contributed by atoms with E-state index in [1.807, 2.05) is 6.07 Å². The Balaban J connectivity index is 2.65. The molecule has 0 fully saturated rings. The van der Waals surface area contributed by atoms with Gasteiger partial charge in [0.25, 0.3) is 0 Å². The highest BCUT2D eigenvalue weighted by Crippen LogP contribution is 2.23. The third-order valence-corrected chi connectivity index (χ3v) is 2.16. The van der Waals surface area contributed by atoms with E-state index in [0.29, 0.717) is 23.7 Å². The molecule has 0 bridgehead atoms. The molecule has 16 heavy (non-hydrogen) atoms. The van der Waals surface area contributed by atoms with Crippen molar-refractivity contribution >= 4 is 5.69 Å². The Morgan fingerprint density at radius 3 is 2.75 bits per heavy atom. The second kappa shape index (κ2) is 4.84. The first-order valence-electron chi connectivity index (χ1n) is 5.21. The molecule has 1 rings (SSSR count). The second-order valence-corrected chi connectivity index (χ2v) is 4.85. The van der Waals surface area contributed by atoms with Gasteiger partial charge in [-0.05, 0) is 17.9 Å². The molecular formula is C12H17N3O. The van der Waals surface area contributed by atoms with Crippen molar-refractivity contribution < 1.29 is 4.74 Å². The van der Waals surface area contributed by atoms with E-state index in [-0.39, 0.29) is 5.41 Å². The van der Waals surface area contributed by atoms with Crippen molar-refractivity contribution in [1.82, 2.24) is 4.98 Å². The van der Waals surface area contributed by atoms with Gasteiger partial charge in [-0.1, -0.05) is 20.8 Å². The van der Waals surface area contributed by atoms with Gasteiger partial charge in [-0.15, -0.1) is 0 Å². The topological polar surface area (TPSA) is 71.9 Å². The van der Waals surface area contributed by atoms with E-state index < -0.39 is 0 Å². The quantitative estimate of drug-likeness (QED) is 0.847. The molecule has 0 aliphatic carbocycles. The van der Waals surface area contributed by atoms with Gasteiger partial charge in [0, 0.05) is 6.20 Å². The molecule has 4 nitrogen and oxygen atoms in total. The molecule has 1 aromatic rings. The Morgan fingerprint density at radius 1 is 1.50 bits per heavy atom. The lowest BCUT2D eigenvalue weighted by Crippen LogP contribution is -2.12. The number of nitrogens with two attached hydrogens (primary N) is 1. The molecule has 1 heterocycles. The number of nitriles is 1. The Bertz CT molecular complexity index is 402. The van der Waals surface area contributed by atoms with Crippen LogP contribution in [0, 0.1) is 16.7 Å². The number of pyridine rings is 1. The molecular weight excluding hydrogens is 202 g/mol. The van der Waals surface area contributed by atoms with Crippen molar-refractivity contribution in [3.05, 3.63) is 17.8 Å². The zero-order valence-electron chi connectivity index (χ0n) is 9.95. The zero-order valence-corrected chi connectivity index (χ0v) is 9.95. The maximum Gasteiger partial charge on any atom is 0.238 e. The van der Waals surface area contributed by atoms with Crippen molar-refractivity contribution in [3.8, 4) is 11.9 Å². The van der Waals surface area contributed by atoms with Crippen molar-refractivity contribution in [3.63, 3.8) is 0 Å². The van der Waals surface area contributed by atoms with Gasteiger partial charge in [-0.25, -0.2) is 4.98 Å². The lowest BCUT2D eigenvalue weighted by Gasteiger charge is -2.18. The van der Waals surface area contributed by atoms with E-state index in [1.165, 1.54) is 6.20 Å². The van der Waals surface area contributed by atoms with Crippen LogP contribution in [0.1, 0.15) is 32.8 Å². The summed E-state index contributed by atoms with van der Waals surface area (Å²) in [6, 6.07) is 3.57. The molecule has 2 N–H and O–H groups in total. The van der Waals surface area contributed by atoms with Gasteiger partial charge in [-0.3, -0.25) is 0 Å². The molecule has 0 saturated carbocycles. The van der Waals surface area contributed by atoms with Gasteiger partial charge in [0.1, 0.15) is 11.8 Å². The predicted octanol–water partition coefficient (Wildman–Crippen LogP) is 2.35. The van der Waals surface area contributed by atoms with Gasteiger partial charge < -0.3 is 10.5 Å². The van der Waals surface area contributed by atoms with Crippen LogP contribution in [-0.2, 0) is 0 Å². The third-order valence-electron chi connectivity index (χ3n) is 2.16. The zero-order chi connectivity index (χ0) is 12.2. The number of nitrogens with zero attached hydrogens (tertiary/aromatic N) is 2. The molecule has 0 atom stereocenters. The van der Waals surface area contributed by atoms with E-state index >= 15 is 0 Å². The summed E-state index contributed by atoms with van der Waals surface area (Å²) in [5.41, 5.74) is 6.67. The highest BCUT2D eigenvalue weighted by Gasteiger charge is 2.12. The molecule has 0 saturated heterocycles. The summed E-state index contributed by atoms with van der Waals surface area (Å²) < 4.78 is 5.47. The average molecular weight is 219 g/mol.